The number of hydrazine groups is 1. The van der Waals surface area contributed by atoms with Gasteiger partial charge in [-0.1, -0.05) is 128 Å². The third kappa shape index (κ3) is 3.85. The molecule has 1 heterocycles. The SMILES string of the molecule is C[C@]1(C(NNn2c3ccc4ccccc4c3c3c4ccccc4ccc32)c2ccc3ccccc3c2)C=CC=CC1. The molecule has 3 heteroatoms. The van der Waals surface area contributed by atoms with Crippen molar-refractivity contribution < 1.29 is 0 Å². The molecule has 198 valence electrons. The maximum atomic E-state index is 3.82. The van der Waals surface area contributed by atoms with E-state index in [-0.39, 0.29) is 11.5 Å². The normalized spacial score (nSPS) is 17.7. The Labute approximate surface area is 239 Å². The molecule has 1 aliphatic rings. The summed E-state index contributed by atoms with van der Waals surface area (Å²) >= 11 is 0. The van der Waals surface area contributed by atoms with Crippen LogP contribution in [-0.4, -0.2) is 4.68 Å². The Morgan fingerprint density at radius 2 is 1.22 bits per heavy atom. The van der Waals surface area contributed by atoms with Crippen LogP contribution in [0.1, 0.15) is 24.9 Å². The van der Waals surface area contributed by atoms with Gasteiger partial charge in [-0.25, -0.2) is 10.1 Å². The molecule has 0 spiro atoms. The first-order valence-electron chi connectivity index (χ1n) is 14.4. The molecule has 0 radical (unpaired) electrons. The van der Waals surface area contributed by atoms with Crippen molar-refractivity contribution in [3.63, 3.8) is 0 Å². The van der Waals surface area contributed by atoms with Crippen LogP contribution in [0, 0.1) is 5.41 Å². The number of benzene rings is 6. The minimum atomic E-state index is -0.109. The number of aromatic nitrogens is 1. The summed E-state index contributed by atoms with van der Waals surface area (Å²) in [5.74, 6) is 0. The van der Waals surface area contributed by atoms with Crippen molar-refractivity contribution in [2.75, 3.05) is 5.53 Å². The second-order valence-electron chi connectivity index (χ2n) is 11.5. The Morgan fingerprint density at radius 3 is 1.85 bits per heavy atom. The summed E-state index contributed by atoms with van der Waals surface area (Å²) in [6.07, 6.45) is 9.90. The Balaban J connectivity index is 1.31. The quantitative estimate of drug-likeness (QED) is 0.217. The molecule has 0 aliphatic heterocycles. The number of hydrogen-bond donors (Lipinski definition) is 2. The molecule has 0 saturated heterocycles. The lowest BCUT2D eigenvalue weighted by Crippen LogP contribution is -2.41. The molecule has 0 amide bonds. The van der Waals surface area contributed by atoms with Crippen molar-refractivity contribution in [2.45, 2.75) is 19.4 Å². The molecule has 0 fully saturated rings. The van der Waals surface area contributed by atoms with Crippen LogP contribution >= 0.6 is 0 Å². The van der Waals surface area contributed by atoms with E-state index in [1.54, 1.807) is 0 Å². The van der Waals surface area contributed by atoms with E-state index in [1.165, 1.54) is 48.7 Å². The zero-order chi connectivity index (χ0) is 27.4. The van der Waals surface area contributed by atoms with Gasteiger partial charge in [-0.05, 0) is 62.5 Å². The maximum Gasteiger partial charge on any atom is 0.0727 e. The summed E-state index contributed by atoms with van der Waals surface area (Å²) in [6.45, 7) is 2.34. The first-order valence-corrected chi connectivity index (χ1v) is 14.4. The third-order valence-electron chi connectivity index (χ3n) is 8.91. The van der Waals surface area contributed by atoms with E-state index in [0.29, 0.717) is 0 Å². The number of allylic oxidation sites excluding steroid dienone is 3. The van der Waals surface area contributed by atoms with E-state index in [2.05, 4.69) is 162 Å². The van der Waals surface area contributed by atoms with E-state index < -0.39 is 0 Å². The smallest absolute Gasteiger partial charge is 0.0727 e. The average Bonchev–Trinajstić information content (AvgIpc) is 3.36. The molecule has 0 saturated carbocycles. The van der Waals surface area contributed by atoms with Crippen LogP contribution in [0.25, 0.3) is 54.1 Å². The van der Waals surface area contributed by atoms with Crippen molar-refractivity contribution in [1.82, 2.24) is 10.1 Å². The highest BCUT2D eigenvalue weighted by atomic mass is 15.6. The number of rotatable bonds is 5. The minimum absolute atomic E-state index is 0.0294. The zero-order valence-corrected chi connectivity index (χ0v) is 23.0. The zero-order valence-electron chi connectivity index (χ0n) is 23.0. The summed E-state index contributed by atoms with van der Waals surface area (Å²) in [7, 11) is 0. The van der Waals surface area contributed by atoms with Crippen LogP contribution in [0.2, 0.25) is 0 Å². The van der Waals surface area contributed by atoms with Crippen LogP contribution < -0.4 is 11.0 Å². The average molecular weight is 530 g/mol. The fourth-order valence-corrected chi connectivity index (χ4v) is 6.77. The summed E-state index contributed by atoms with van der Waals surface area (Å²) in [5, 5.41) is 10.1. The largest absolute Gasteiger partial charge is 0.258 e. The standard InChI is InChI=1S/C38H31N3/c1-38(23-9-2-10-24-38)37(30-18-17-26-11-3-4-14-29(26)25-30)39-40-41-33-21-19-27-12-5-7-15-31(27)35(33)36-32-16-8-6-13-28(32)20-22-34(36)41/h2-23,25,37,39-40H,24H2,1H3/t37?,38-/m0/s1. The highest BCUT2D eigenvalue weighted by Crippen LogP contribution is 2.42. The molecule has 3 nitrogen and oxygen atoms in total. The fraction of sp³-hybridized carbons (Fsp3) is 0.105. The van der Waals surface area contributed by atoms with E-state index in [4.69, 9.17) is 0 Å². The summed E-state index contributed by atoms with van der Waals surface area (Å²) in [5.41, 5.74) is 11.0. The van der Waals surface area contributed by atoms with Gasteiger partial charge in [-0.3, -0.25) is 5.53 Å². The van der Waals surface area contributed by atoms with Crippen molar-refractivity contribution in [3.8, 4) is 0 Å². The predicted molar refractivity (Wildman–Crippen MR) is 175 cm³/mol. The molecular weight excluding hydrogens is 498 g/mol. The monoisotopic (exact) mass is 529 g/mol. The number of nitrogens with zero attached hydrogens (tertiary/aromatic N) is 1. The molecule has 2 N–H and O–H groups in total. The first kappa shape index (κ1) is 24.0. The van der Waals surface area contributed by atoms with Gasteiger partial charge in [-0.2, -0.15) is 0 Å². The summed E-state index contributed by atoms with van der Waals surface area (Å²) in [4.78, 5) is 0. The van der Waals surface area contributed by atoms with E-state index in [9.17, 15) is 0 Å². The molecule has 1 unspecified atom stereocenters. The van der Waals surface area contributed by atoms with E-state index in [1.807, 2.05) is 0 Å². The second-order valence-corrected chi connectivity index (χ2v) is 11.5. The molecule has 7 aromatic rings. The third-order valence-corrected chi connectivity index (χ3v) is 8.91. The molecule has 6 aromatic carbocycles. The van der Waals surface area contributed by atoms with E-state index >= 15 is 0 Å². The highest BCUT2D eigenvalue weighted by molar-refractivity contribution is 6.28. The number of fused-ring (bicyclic) bond motifs is 8. The Bertz CT molecular complexity index is 2070. The predicted octanol–water partition coefficient (Wildman–Crippen LogP) is 9.57. The van der Waals surface area contributed by atoms with Gasteiger partial charge in [0.25, 0.3) is 0 Å². The van der Waals surface area contributed by atoms with Crippen molar-refractivity contribution in [3.05, 3.63) is 145 Å². The van der Waals surface area contributed by atoms with Crippen LogP contribution in [0.4, 0.5) is 0 Å². The van der Waals surface area contributed by atoms with Gasteiger partial charge >= 0.3 is 0 Å². The van der Waals surface area contributed by atoms with E-state index in [0.717, 1.165) is 17.5 Å². The van der Waals surface area contributed by atoms with Crippen LogP contribution in [0.5, 0.6) is 0 Å². The Kier molecular flexibility index (Phi) is 5.48. The van der Waals surface area contributed by atoms with Crippen LogP contribution in [0.3, 0.4) is 0 Å². The summed E-state index contributed by atoms with van der Waals surface area (Å²) in [6, 6.07) is 41.8. The lowest BCUT2D eigenvalue weighted by Gasteiger charge is -2.37. The topological polar surface area (TPSA) is 29.0 Å². The maximum absolute atomic E-state index is 3.82. The highest BCUT2D eigenvalue weighted by Gasteiger charge is 2.33. The molecule has 41 heavy (non-hydrogen) atoms. The van der Waals surface area contributed by atoms with Crippen LogP contribution in [-0.2, 0) is 0 Å². The van der Waals surface area contributed by atoms with Gasteiger partial charge in [-0.15, -0.1) is 0 Å². The lowest BCUT2D eigenvalue weighted by atomic mass is 9.74. The molecule has 1 aliphatic carbocycles. The van der Waals surface area contributed by atoms with Gasteiger partial charge in [0.05, 0.1) is 17.1 Å². The van der Waals surface area contributed by atoms with Gasteiger partial charge in [0.1, 0.15) is 0 Å². The van der Waals surface area contributed by atoms with Crippen LogP contribution in [0.15, 0.2) is 140 Å². The van der Waals surface area contributed by atoms with Gasteiger partial charge in [0, 0.05) is 16.2 Å². The molecule has 0 bridgehead atoms. The fourth-order valence-electron chi connectivity index (χ4n) is 6.77. The van der Waals surface area contributed by atoms with Crippen molar-refractivity contribution in [2.24, 2.45) is 5.41 Å². The number of hydrogen-bond acceptors (Lipinski definition) is 2. The van der Waals surface area contributed by atoms with Crippen molar-refractivity contribution in [1.29, 1.82) is 0 Å². The van der Waals surface area contributed by atoms with Gasteiger partial charge in [0.15, 0.2) is 0 Å². The summed E-state index contributed by atoms with van der Waals surface area (Å²) < 4.78 is 2.24. The van der Waals surface area contributed by atoms with Gasteiger partial charge < -0.3 is 0 Å². The molecule has 8 rings (SSSR count). The molecule has 1 aromatic heterocycles. The Morgan fingerprint density at radius 1 is 0.634 bits per heavy atom. The minimum Gasteiger partial charge on any atom is -0.258 e. The lowest BCUT2D eigenvalue weighted by molar-refractivity contribution is 0.292. The second kappa shape index (κ2) is 9.36. The van der Waals surface area contributed by atoms with Crippen molar-refractivity contribution >= 4 is 54.1 Å². The number of nitrogens with one attached hydrogen (secondary N) is 2. The first-order chi connectivity index (χ1) is 20.2. The molecule has 2 atom stereocenters. The Hall–Kier alpha value is -4.86. The van der Waals surface area contributed by atoms with Gasteiger partial charge in [0.2, 0.25) is 0 Å². The molecular formula is C38H31N3.